The van der Waals surface area contributed by atoms with Crippen molar-refractivity contribution in [3.63, 3.8) is 0 Å². The first-order valence-electron chi connectivity index (χ1n) is 4.16. The van der Waals surface area contributed by atoms with Crippen LogP contribution in [-0.4, -0.2) is 11.0 Å². The molecule has 0 radical (unpaired) electrons. The first kappa shape index (κ1) is 10.9. The molecule has 0 aliphatic heterocycles. The highest BCUT2D eigenvalue weighted by atomic mass is 127. The Morgan fingerprint density at radius 1 is 1.38 bits per heavy atom. The summed E-state index contributed by atoms with van der Waals surface area (Å²) in [6, 6.07) is 8.52. The summed E-state index contributed by atoms with van der Waals surface area (Å²) >= 11 is 7.56. The highest BCUT2D eigenvalue weighted by Crippen LogP contribution is 2.11. The molecule has 0 amide bonds. The maximum Gasteiger partial charge on any atom is 0.107 e. The zero-order valence-corrected chi connectivity index (χ0v) is 10.6. The van der Waals surface area contributed by atoms with Crippen LogP contribution in [0.3, 0.4) is 0 Å². The van der Waals surface area contributed by atoms with Crippen molar-refractivity contribution in [2.75, 3.05) is 0 Å². The molecule has 0 aliphatic rings. The van der Waals surface area contributed by atoms with Crippen molar-refractivity contribution in [2.45, 2.75) is 19.9 Å². The second-order valence-corrected chi connectivity index (χ2v) is 4.68. The Kier molecular flexibility index (Phi) is 4.12. The summed E-state index contributed by atoms with van der Waals surface area (Å²) in [7, 11) is 0. The standard InChI is InChI=1S/C10H12INS/c1-7(2)12-10(13)8-5-3-4-6-9(8)11/h3-7H,1-2H3,(H,12,13). The van der Waals surface area contributed by atoms with Crippen molar-refractivity contribution in [2.24, 2.45) is 0 Å². The molecule has 1 N–H and O–H groups in total. The lowest BCUT2D eigenvalue weighted by Gasteiger charge is -2.12. The van der Waals surface area contributed by atoms with Gasteiger partial charge in [0.05, 0.1) is 0 Å². The van der Waals surface area contributed by atoms with E-state index < -0.39 is 0 Å². The molecule has 3 heteroatoms. The minimum absolute atomic E-state index is 0.392. The van der Waals surface area contributed by atoms with Crippen LogP contribution in [0.15, 0.2) is 24.3 Å². The molecule has 0 fully saturated rings. The summed E-state index contributed by atoms with van der Waals surface area (Å²) in [5, 5.41) is 3.23. The fourth-order valence-electron chi connectivity index (χ4n) is 0.985. The molecule has 1 rings (SSSR count). The number of halogens is 1. The van der Waals surface area contributed by atoms with Crippen molar-refractivity contribution < 1.29 is 0 Å². The Bertz CT molecular complexity index is 310. The van der Waals surface area contributed by atoms with Gasteiger partial charge in [0, 0.05) is 15.2 Å². The number of hydrogen-bond acceptors (Lipinski definition) is 1. The van der Waals surface area contributed by atoms with Gasteiger partial charge < -0.3 is 5.32 Å². The Morgan fingerprint density at radius 2 is 2.00 bits per heavy atom. The van der Waals surface area contributed by atoms with Crippen molar-refractivity contribution >= 4 is 39.8 Å². The maximum atomic E-state index is 5.27. The minimum Gasteiger partial charge on any atom is -0.374 e. The SMILES string of the molecule is CC(C)NC(=S)c1ccccc1I. The second-order valence-electron chi connectivity index (χ2n) is 3.11. The number of nitrogens with one attached hydrogen (secondary N) is 1. The van der Waals surface area contributed by atoms with Gasteiger partial charge in [0.2, 0.25) is 0 Å². The third kappa shape index (κ3) is 3.23. The highest BCUT2D eigenvalue weighted by molar-refractivity contribution is 14.1. The molecule has 0 heterocycles. The zero-order valence-electron chi connectivity index (χ0n) is 7.67. The first-order chi connectivity index (χ1) is 6.11. The molecule has 1 nitrogen and oxygen atoms in total. The third-order valence-corrected chi connectivity index (χ3v) is 2.82. The Hall–Kier alpha value is -0.160. The largest absolute Gasteiger partial charge is 0.374 e. The van der Waals surface area contributed by atoms with E-state index in [9.17, 15) is 0 Å². The lowest BCUT2D eigenvalue weighted by Crippen LogP contribution is -2.29. The van der Waals surface area contributed by atoms with Crippen LogP contribution < -0.4 is 5.32 Å². The topological polar surface area (TPSA) is 12.0 Å². The molecule has 1 aromatic carbocycles. The predicted molar refractivity (Wildman–Crippen MR) is 69.1 cm³/mol. The normalized spacial score (nSPS) is 10.2. The van der Waals surface area contributed by atoms with Crippen LogP contribution >= 0.6 is 34.8 Å². The van der Waals surface area contributed by atoms with Gasteiger partial charge in [-0.3, -0.25) is 0 Å². The van der Waals surface area contributed by atoms with Gasteiger partial charge in [0.1, 0.15) is 4.99 Å². The molecule has 70 valence electrons. The van der Waals surface area contributed by atoms with E-state index in [0.717, 1.165) is 10.6 Å². The molecule has 0 bridgehead atoms. The van der Waals surface area contributed by atoms with E-state index in [2.05, 4.69) is 47.8 Å². The Labute approximate surface area is 98.1 Å². The summed E-state index contributed by atoms with van der Waals surface area (Å²) in [4.78, 5) is 0.833. The fourth-order valence-corrected chi connectivity index (χ4v) is 2.24. The molecular formula is C10H12INS. The van der Waals surface area contributed by atoms with Gasteiger partial charge >= 0.3 is 0 Å². The average molecular weight is 305 g/mol. The monoisotopic (exact) mass is 305 g/mol. The molecule has 1 aromatic rings. The summed E-state index contributed by atoms with van der Waals surface area (Å²) in [6.45, 7) is 4.17. The number of rotatable bonds is 2. The Balaban J connectivity index is 2.83. The van der Waals surface area contributed by atoms with Crippen LogP contribution in [0.1, 0.15) is 19.4 Å². The maximum absolute atomic E-state index is 5.27. The fraction of sp³-hybridized carbons (Fsp3) is 0.300. The summed E-state index contributed by atoms with van der Waals surface area (Å²) in [5.41, 5.74) is 1.12. The summed E-state index contributed by atoms with van der Waals surface area (Å²) in [6.07, 6.45) is 0. The summed E-state index contributed by atoms with van der Waals surface area (Å²) in [5.74, 6) is 0. The number of benzene rings is 1. The molecule has 0 aliphatic carbocycles. The molecule has 0 spiro atoms. The van der Waals surface area contributed by atoms with Gasteiger partial charge in [0.25, 0.3) is 0 Å². The van der Waals surface area contributed by atoms with Crippen molar-refractivity contribution in [1.82, 2.24) is 5.32 Å². The predicted octanol–water partition coefficient (Wildman–Crippen LogP) is 2.96. The number of thiocarbonyl (C=S) groups is 1. The Morgan fingerprint density at radius 3 is 2.54 bits per heavy atom. The van der Waals surface area contributed by atoms with Gasteiger partial charge in [-0.1, -0.05) is 30.4 Å². The van der Waals surface area contributed by atoms with Gasteiger partial charge in [-0.2, -0.15) is 0 Å². The van der Waals surface area contributed by atoms with E-state index in [1.165, 1.54) is 3.57 Å². The lowest BCUT2D eigenvalue weighted by molar-refractivity contribution is 0.740. The van der Waals surface area contributed by atoms with Crippen molar-refractivity contribution in [1.29, 1.82) is 0 Å². The van der Waals surface area contributed by atoms with Crippen LogP contribution in [0.25, 0.3) is 0 Å². The van der Waals surface area contributed by atoms with Gasteiger partial charge in [-0.15, -0.1) is 0 Å². The molecule has 0 atom stereocenters. The van der Waals surface area contributed by atoms with E-state index in [4.69, 9.17) is 12.2 Å². The van der Waals surface area contributed by atoms with Gasteiger partial charge in [0.15, 0.2) is 0 Å². The molecule has 0 unspecified atom stereocenters. The van der Waals surface area contributed by atoms with Crippen molar-refractivity contribution in [3.8, 4) is 0 Å². The van der Waals surface area contributed by atoms with Crippen LogP contribution in [0.2, 0.25) is 0 Å². The van der Waals surface area contributed by atoms with Crippen LogP contribution in [0.4, 0.5) is 0 Å². The molecular weight excluding hydrogens is 293 g/mol. The van der Waals surface area contributed by atoms with E-state index in [1.54, 1.807) is 0 Å². The minimum atomic E-state index is 0.392. The van der Waals surface area contributed by atoms with Gasteiger partial charge in [-0.05, 0) is 42.5 Å². The smallest absolute Gasteiger partial charge is 0.107 e. The molecule has 0 saturated carbocycles. The zero-order chi connectivity index (χ0) is 9.84. The summed E-state index contributed by atoms with van der Waals surface area (Å²) < 4.78 is 1.19. The van der Waals surface area contributed by atoms with E-state index in [0.29, 0.717) is 6.04 Å². The lowest BCUT2D eigenvalue weighted by atomic mass is 10.2. The number of hydrogen-bond donors (Lipinski definition) is 1. The van der Waals surface area contributed by atoms with Crippen LogP contribution in [0.5, 0.6) is 0 Å². The molecule has 13 heavy (non-hydrogen) atoms. The van der Waals surface area contributed by atoms with E-state index in [-0.39, 0.29) is 0 Å². The van der Waals surface area contributed by atoms with E-state index in [1.807, 2.05) is 18.2 Å². The van der Waals surface area contributed by atoms with Crippen molar-refractivity contribution in [3.05, 3.63) is 33.4 Å². The third-order valence-electron chi connectivity index (χ3n) is 1.54. The highest BCUT2D eigenvalue weighted by Gasteiger charge is 2.04. The quantitative estimate of drug-likeness (QED) is 0.666. The van der Waals surface area contributed by atoms with E-state index >= 15 is 0 Å². The molecule has 0 aromatic heterocycles. The average Bonchev–Trinajstić information content (AvgIpc) is 2.03. The molecule has 0 saturated heterocycles. The van der Waals surface area contributed by atoms with Gasteiger partial charge in [-0.25, -0.2) is 0 Å². The van der Waals surface area contributed by atoms with Crippen LogP contribution in [-0.2, 0) is 0 Å². The van der Waals surface area contributed by atoms with Crippen LogP contribution in [0, 0.1) is 3.57 Å². The first-order valence-corrected chi connectivity index (χ1v) is 5.65. The second kappa shape index (κ2) is 4.91.